The van der Waals surface area contributed by atoms with Crippen molar-refractivity contribution in [1.82, 2.24) is 0 Å². The van der Waals surface area contributed by atoms with Gasteiger partial charge >= 0.3 is 6.92 Å². The molecular weight excluding hydrogens is 219 g/mol. The van der Waals surface area contributed by atoms with Gasteiger partial charge in [0.05, 0.1) is 0 Å². The van der Waals surface area contributed by atoms with E-state index < -0.39 is 0 Å². The van der Waals surface area contributed by atoms with E-state index in [1.54, 1.807) is 0 Å². The summed E-state index contributed by atoms with van der Waals surface area (Å²) in [6, 6.07) is 14.9. The molecule has 0 unspecified atom stereocenters. The minimum atomic E-state index is -0.265. The van der Waals surface area contributed by atoms with Crippen LogP contribution in [0, 0.1) is 6.92 Å². The Bertz CT molecular complexity index is 563. The first-order chi connectivity index (χ1) is 8.74. The van der Waals surface area contributed by atoms with Crippen molar-refractivity contribution in [3.63, 3.8) is 0 Å². The molecule has 0 radical (unpaired) electrons. The van der Waals surface area contributed by atoms with Gasteiger partial charge in [-0.1, -0.05) is 53.6 Å². The Morgan fingerprint density at radius 2 is 1.94 bits per heavy atom. The third-order valence-corrected chi connectivity index (χ3v) is 3.75. The Labute approximate surface area is 109 Å². The SMILES string of the molecule is Cc1cc2c(c(Cc3ccccc3)c1)B(O)CC2. The summed E-state index contributed by atoms with van der Waals surface area (Å²) in [6.07, 6.45) is 2.81. The molecule has 0 bridgehead atoms. The summed E-state index contributed by atoms with van der Waals surface area (Å²) in [7, 11) is 0. The fourth-order valence-corrected chi connectivity index (χ4v) is 2.99. The van der Waals surface area contributed by atoms with Gasteiger partial charge in [0.25, 0.3) is 0 Å². The van der Waals surface area contributed by atoms with E-state index in [2.05, 4.69) is 43.3 Å². The second kappa shape index (κ2) is 4.62. The zero-order valence-corrected chi connectivity index (χ0v) is 10.7. The maximum Gasteiger partial charge on any atom is 0.324 e. The molecule has 1 heterocycles. The average Bonchev–Trinajstić information content (AvgIpc) is 2.72. The topological polar surface area (TPSA) is 20.2 Å². The molecule has 3 rings (SSSR count). The van der Waals surface area contributed by atoms with Crippen LogP contribution in [0.15, 0.2) is 42.5 Å². The number of fused-ring (bicyclic) bond motifs is 1. The number of benzene rings is 2. The molecule has 2 aromatic carbocycles. The maximum absolute atomic E-state index is 10.1. The average molecular weight is 236 g/mol. The van der Waals surface area contributed by atoms with Gasteiger partial charge in [-0.2, -0.15) is 0 Å². The van der Waals surface area contributed by atoms with E-state index in [4.69, 9.17) is 0 Å². The normalized spacial score (nSPS) is 13.8. The minimum Gasteiger partial charge on any atom is -0.446 e. The van der Waals surface area contributed by atoms with Crippen molar-refractivity contribution in [1.29, 1.82) is 0 Å². The monoisotopic (exact) mass is 236 g/mol. The Hall–Kier alpha value is -1.54. The molecule has 0 fully saturated rings. The highest BCUT2D eigenvalue weighted by Gasteiger charge is 2.27. The van der Waals surface area contributed by atoms with Gasteiger partial charge in [-0.25, -0.2) is 0 Å². The van der Waals surface area contributed by atoms with Crippen LogP contribution in [0.4, 0.5) is 0 Å². The zero-order chi connectivity index (χ0) is 12.5. The van der Waals surface area contributed by atoms with Crippen LogP contribution in [-0.4, -0.2) is 11.9 Å². The van der Waals surface area contributed by atoms with Gasteiger partial charge < -0.3 is 5.02 Å². The second-order valence-electron chi connectivity index (χ2n) is 5.21. The molecule has 2 aromatic rings. The lowest BCUT2D eigenvalue weighted by molar-refractivity contribution is 0.587. The van der Waals surface area contributed by atoms with E-state index in [9.17, 15) is 5.02 Å². The van der Waals surface area contributed by atoms with E-state index in [0.717, 1.165) is 19.2 Å². The van der Waals surface area contributed by atoms with Crippen molar-refractivity contribution in [3.05, 3.63) is 64.7 Å². The number of hydrogen-bond donors (Lipinski definition) is 1. The van der Waals surface area contributed by atoms with Crippen LogP contribution in [0.3, 0.4) is 0 Å². The third-order valence-electron chi connectivity index (χ3n) is 3.75. The van der Waals surface area contributed by atoms with Gasteiger partial charge in [0.1, 0.15) is 0 Å². The molecule has 1 aliphatic rings. The summed E-state index contributed by atoms with van der Waals surface area (Å²) < 4.78 is 0. The minimum absolute atomic E-state index is 0.265. The number of hydrogen-bond acceptors (Lipinski definition) is 1. The molecule has 0 atom stereocenters. The zero-order valence-electron chi connectivity index (χ0n) is 10.7. The fourth-order valence-electron chi connectivity index (χ4n) is 2.99. The highest BCUT2D eigenvalue weighted by atomic mass is 16.2. The van der Waals surface area contributed by atoms with Crippen molar-refractivity contribution in [3.8, 4) is 0 Å². The standard InChI is InChI=1S/C16H17BO/c1-12-9-14-7-8-17(18)16(14)15(10-12)11-13-5-3-2-4-6-13/h2-6,9-10,18H,7-8,11H2,1H3. The van der Waals surface area contributed by atoms with Crippen LogP contribution in [0.5, 0.6) is 0 Å². The summed E-state index contributed by atoms with van der Waals surface area (Å²) in [5.41, 5.74) is 6.43. The molecule has 1 aliphatic heterocycles. The molecule has 0 saturated heterocycles. The van der Waals surface area contributed by atoms with Gasteiger partial charge in [-0.3, -0.25) is 0 Å². The summed E-state index contributed by atoms with van der Waals surface area (Å²) in [5, 5.41) is 10.1. The quantitative estimate of drug-likeness (QED) is 0.793. The van der Waals surface area contributed by atoms with Gasteiger partial charge in [0, 0.05) is 0 Å². The van der Waals surface area contributed by atoms with Crippen molar-refractivity contribution in [2.45, 2.75) is 26.1 Å². The largest absolute Gasteiger partial charge is 0.446 e. The molecule has 90 valence electrons. The van der Waals surface area contributed by atoms with Crippen LogP contribution >= 0.6 is 0 Å². The Kier molecular flexibility index (Phi) is 2.96. The summed E-state index contributed by atoms with van der Waals surface area (Å²) >= 11 is 0. The molecule has 1 N–H and O–H groups in total. The Balaban J connectivity index is 2.02. The van der Waals surface area contributed by atoms with Crippen molar-refractivity contribution in [2.24, 2.45) is 0 Å². The van der Waals surface area contributed by atoms with Crippen molar-refractivity contribution in [2.75, 3.05) is 0 Å². The van der Waals surface area contributed by atoms with Crippen LogP contribution in [0.2, 0.25) is 6.32 Å². The predicted octanol–water partition coefficient (Wildman–Crippen LogP) is 2.33. The van der Waals surface area contributed by atoms with Gasteiger partial charge in [0.2, 0.25) is 0 Å². The van der Waals surface area contributed by atoms with Crippen LogP contribution in [0.25, 0.3) is 0 Å². The molecule has 0 amide bonds. The third kappa shape index (κ3) is 2.09. The molecule has 2 heteroatoms. The smallest absolute Gasteiger partial charge is 0.324 e. The first-order valence-electron chi connectivity index (χ1n) is 6.58. The summed E-state index contributed by atoms with van der Waals surface area (Å²) in [5.74, 6) is 0. The van der Waals surface area contributed by atoms with Gasteiger partial charge in [0.15, 0.2) is 0 Å². The van der Waals surface area contributed by atoms with E-state index in [1.165, 1.54) is 27.7 Å². The predicted molar refractivity (Wildman–Crippen MR) is 76.5 cm³/mol. The van der Waals surface area contributed by atoms with E-state index in [-0.39, 0.29) is 6.92 Å². The molecule has 0 spiro atoms. The van der Waals surface area contributed by atoms with Crippen LogP contribution in [-0.2, 0) is 12.8 Å². The van der Waals surface area contributed by atoms with Gasteiger partial charge in [-0.05, 0) is 42.7 Å². The maximum atomic E-state index is 10.1. The molecular formula is C16H17BO. The first-order valence-corrected chi connectivity index (χ1v) is 6.58. The Morgan fingerprint density at radius 1 is 1.17 bits per heavy atom. The molecule has 18 heavy (non-hydrogen) atoms. The fraction of sp³-hybridized carbons (Fsp3) is 0.250. The summed E-state index contributed by atoms with van der Waals surface area (Å²) in [4.78, 5) is 0. The molecule has 1 nitrogen and oxygen atoms in total. The molecule has 0 saturated carbocycles. The van der Waals surface area contributed by atoms with E-state index >= 15 is 0 Å². The summed E-state index contributed by atoms with van der Waals surface area (Å²) in [6.45, 7) is 1.87. The lowest BCUT2D eigenvalue weighted by Gasteiger charge is -2.12. The number of rotatable bonds is 2. The van der Waals surface area contributed by atoms with Crippen molar-refractivity contribution >= 4 is 12.4 Å². The highest BCUT2D eigenvalue weighted by molar-refractivity contribution is 6.68. The highest BCUT2D eigenvalue weighted by Crippen LogP contribution is 2.20. The molecule has 0 aliphatic carbocycles. The lowest BCUT2D eigenvalue weighted by Crippen LogP contribution is -2.30. The van der Waals surface area contributed by atoms with E-state index in [0.29, 0.717) is 0 Å². The van der Waals surface area contributed by atoms with Crippen LogP contribution < -0.4 is 5.46 Å². The van der Waals surface area contributed by atoms with Gasteiger partial charge in [-0.15, -0.1) is 0 Å². The van der Waals surface area contributed by atoms with Crippen LogP contribution in [0.1, 0.15) is 22.3 Å². The second-order valence-corrected chi connectivity index (χ2v) is 5.21. The lowest BCUT2D eigenvalue weighted by atomic mass is 9.61. The van der Waals surface area contributed by atoms with Crippen molar-refractivity contribution < 1.29 is 5.02 Å². The Morgan fingerprint density at radius 3 is 2.72 bits per heavy atom. The first kappa shape index (κ1) is 11.5. The number of aryl methyl sites for hydroxylation is 2. The van der Waals surface area contributed by atoms with E-state index in [1.807, 2.05) is 6.07 Å². The molecule has 0 aromatic heterocycles.